The van der Waals surface area contributed by atoms with Gasteiger partial charge in [-0.05, 0) is 34.5 Å². The van der Waals surface area contributed by atoms with Gasteiger partial charge >= 0.3 is 0 Å². The summed E-state index contributed by atoms with van der Waals surface area (Å²) < 4.78 is 0.785. The first kappa shape index (κ1) is 9.22. The van der Waals surface area contributed by atoms with Crippen molar-refractivity contribution in [3.63, 3.8) is 0 Å². The molecule has 3 N–H and O–H groups in total. The van der Waals surface area contributed by atoms with Crippen molar-refractivity contribution in [2.24, 2.45) is 5.84 Å². The average Bonchev–Trinajstić information content (AvgIpc) is 2.08. The van der Waals surface area contributed by atoms with Crippen molar-refractivity contribution in [1.29, 1.82) is 0 Å². The molecule has 1 aromatic carbocycles. The number of amides is 1. The summed E-state index contributed by atoms with van der Waals surface area (Å²) in [6.07, 6.45) is 0. The van der Waals surface area contributed by atoms with Gasteiger partial charge in [-0.15, -0.1) is 0 Å². The fourth-order valence-electron chi connectivity index (χ4n) is 0.901. The molecule has 0 aliphatic carbocycles. The molecule has 0 fully saturated rings. The first-order chi connectivity index (χ1) is 5.66. The van der Waals surface area contributed by atoms with E-state index in [1.165, 1.54) is 0 Å². The number of halogens is 1. The van der Waals surface area contributed by atoms with Gasteiger partial charge < -0.3 is 0 Å². The van der Waals surface area contributed by atoms with E-state index in [-0.39, 0.29) is 5.91 Å². The van der Waals surface area contributed by atoms with Crippen LogP contribution < -0.4 is 11.3 Å². The van der Waals surface area contributed by atoms with Crippen LogP contribution in [0, 0.1) is 6.92 Å². The Hall–Kier alpha value is -0.870. The predicted molar refractivity (Wildman–Crippen MR) is 50.5 cm³/mol. The lowest BCUT2D eigenvalue weighted by atomic mass is 10.1. The van der Waals surface area contributed by atoms with E-state index in [4.69, 9.17) is 5.84 Å². The number of rotatable bonds is 1. The molecule has 0 aliphatic heterocycles. The van der Waals surface area contributed by atoms with Crippen molar-refractivity contribution in [2.45, 2.75) is 6.92 Å². The Labute approximate surface area is 79.1 Å². The molecule has 3 nitrogen and oxygen atoms in total. The van der Waals surface area contributed by atoms with Crippen LogP contribution in [0.3, 0.4) is 0 Å². The monoisotopic (exact) mass is 228 g/mol. The quantitative estimate of drug-likeness (QED) is 0.434. The van der Waals surface area contributed by atoms with Crippen molar-refractivity contribution >= 4 is 21.8 Å². The minimum absolute atomic E-state index is 0.287. The van der Waals surface area contributed by atoms with Crippen LogP contribution in [-0.2, 0) is 0 Å². The second-order valence-corrected chi connectivity index (χ2v) is 3.20. The average molecular weight is 229 g/mol. The lowest BCUT2D eigenvalue weighted by Crippen LogP contribution is -2.30. The molecule has 0 saturated heterocycles. The van der Waals surface area contributed by atoms with Crippen LogP contribution in [0.2, 0.25) is 0 Å². The number of carbonyl (C=O) groups is 1. The highest BCUT2D eigenvalue weighted by atomic mass is 79.9. The van der Waals surface area contributed by atoms with E-state index in [1.54, 1.807) is 6.07 Å². The maximum atomic E-state index is 11.1. The fraction of sp³-hybridized carbons (Fsp3) is 0.125. The second-order valence-electron chi connectivity index (χ2n) is 2.41. The fourth-order valence-corrected chi connectivity index (χ4v) is 1.34. The van der Waals surface area contributed by atoms with Gasteiger partial charge in [0.25, 0.3) is 5.91 Å². The number of hydrogen-bond donors (Lipinski definition) is 2. The summed E-state index contributed by atoms with van der Waals surface area (Å²) in [5.74, 6) is 4.72. The zero-order valence-corrected chi connectivity index (χ0v) is 8.18. The molecule has 0 spiro atoms. The summed E-state index contributed by atoms with van der Waals surface area (Å²) in [6, 6.07) is 5.43. The Bertz CT molecular complexity index is 312. The summed E-state index contributed by atoms with van der Waals surface area (Å²) in [5.41, 5.74) is 3.64. The molecule has 0 aromatic heterocycles. The number of hydrazine groups is 1. The van der Waals surface area contributed by atoms with Crippen LogP contribution in [0.25, 0.3) is 0 Å². The van der Waals surface area contributed by atoms with E-state index in [0.717, 1.165) is 10.0 Å². The van der Waals surface area contributed by atoms with Crippen LogP contribution in [0.15, 0.2) is 22.7 Å². The van der Waals surface area contributed by atoms with E-state index in [9.17, 15) is 4.79 Å². The highest BCUT2D eigenvalue weighted by molar-refractivity contribution is 9.10. The van der Waals surface area contributed by atoms with Crippen molar-refractivity contribution in [1.82, 2.24) is 5.43 Å². The Morgan fingerprint density at radius 2 is 2.25 bits per heavy atom. The highest BCUT2D eigenvalue weighted by Crippen LogP contribution is 2.20. The van der Waals surface area contributed by atoms with Crippen molar-refractivity contribution < 1.29 is 4.79 Å². The number of carbonyl (C=O) groups excluding carboxylic acids is 1. The van der Waals surface area contributed by atoms with Crippen LogP contribution >= 0.6 is 15.9 Å². The van der Waals surface area contributed by atoms with E-state index < -0.39 is 0 Å². The molecule has 0 heterocycles. The van der Waals surface area contributed by atoms with Gasteiger partial charge in [-0.1, -0.05) is 12.1 Å². The standard InChI is InChI=1S/C8H9BrN2O/c1-5-3-2-4-6(7(5)9)8(12)11-10/h2-4H,10H2,1H3,(H,11,12). The van der Waals surface area contributed by atoms with Crippen molar-refractivity contribution in [3.05, 3.63) is 33.8 Å². The molecule has 0 aliphatic rings. The molecule has 0 unspecified atom stereocenters. The SMILES string of the molecule is Cc1cccc(C(=O)NN)c1Br. The third kappa shape index (κ3) is 1.65. The smallest absolute Gasteiger partial charge is 0.266 e. The topological polar surface area (TPSA) is 55.1 Å². The van der Waals surface area contributed by atoms with Gasteiger partial charge in [0, 0.05) is 4.47 Å². The Morgan fingerprint density at radius 1 is 1.58 bits per heavy atom. The van der Waals surface area contributed by atoms with E-state index in [1.807, 2.05) is 19.1 Å². The van der Waals surface area contributed by atoms with E-state index in [0.29, 0.717) is 5.56 Å². The number of nitrogens with two attached hydrogens (primary N) is 1. The van der Waals surface area contributed by atoms with E-state index >= 15 is 0 Å². The molecule has 0 radical (unpaired) electrons. The Kier molecular flexibility index (Phi) is 2.83. The number of hydrogen-bond acceptors (Lipinski definition) is 2. The van der Waals surface area contributed by atoms with Gasteiger partial charge in [-0.3, -0.25) is 10.2 Å². The molecule has 1 aromatic rings. The van der Waals surface area contributed by atoms with Crippen LogP contribution in [0.5, 0.6) is 0 Å². The zero-order chi connectivity index (χ0) is 9.14. The molecule has 64 valence electrons. The zero-order valence-electron chi connectivity index (χ0n) is 6.60. The Morgan fingerprint density at radius 3 is 2.83 bits per heavy atom. The highest BCUT2D eigenvalue weighted by Gasteiger charge is 2.08. The molecule has 0 saturated carbocycles. The third-order valence-electron chi connectivity index (χ3n) is 1.57. The van der Waals surface area contributed by atoms with Crippen LogP contribution in [0.4, 0.5) is 0 Å². The van der Waals surface area contributed by atoms with Crippen molar-refractivity contribution in [2.75, 3.05) is 0 Å². The van der Waals surface area contributed by atoms with Crippen LogP contribution in [-0.4, -0.2) is 5.91 Å². The summed E-state index contributed by atoms with van der Waals surface area (Å²) in [6.45, 7) is 1.91. The van der Waals surface area contributed by atoms with Gasteiger partial charge in [0.05, 0.1) is 5.56 Å². The summed E-state index contributed by atoms with van der Waals surface area (Å²) in [5, 5.41) is 0. The first-order valence-corrected chi connectivity index (χ1v) is 4.22. The molecular formula is C8H9BrN2O. The second kappa shape index (κ2) is 3.69. The van der Waals surface area contributed by atoms with Gasteiger partial charge in [-0.25, -0.2) is 5.84 Å². The number of aryl methyl sites for hydroxylation is 1. The minimum atomic E-state index is -0.287. The molecule has 12 heavy (non-hydrogen) atoms. The lowest BCUT2D eigenvalue weighted by molar-refractivity contribution is 0.0953. The molecule has 1 rings (SSSR count). The number of benzene rings is 1. The lowest BCUT2D eigenvalue weighted by Gasteiger charge is -2.04. The summed E-state index contributed by atoms with van der Waals surface area (Å²) >= 11 is 3.31. The largest absolute Gasteiger partial charge is 0.290 e. The number of nitrogens with one attached hydrogen (secondary N) is 1. The maximum Gasteiger partial charge on any atom is 0.266 e. The first-order valence-electron chi connectivity index (χ1n) is 3.43. The molecular weight excluding hydrogens is 220 g/mol. The number of nitrogen functional groups attached to an aromatic ring is 1. The minimum Gasteiger partial charge on any atom is -0.290 e. The Balaban J connectivity index is 3.16. The van der Waals surface area contributed by atoms with Crippen molar-refractivity contribution in [3.8, 4) is 0 Å². The van der Waals surface area contributed by atoms with Gasteiger partial charge in [0.15, 0.2) is 0 Å². The van der Waals surface area contributed by atoms with Gasteiger partial charge in [-0.2, -0.15) is 0 Å². The van der Waals surface area contributed by atoms with Gasteiger partial charge in [0.2, 0.25) is 0 Å². The maximum absolute atomic E-state index is 11.1. The molecule has 1 amide bonds. The van der Waals surface area contributed by atoms with E-state index in [2.05, 4.69) is 21.4 Å². The molecule has 0 atom stereocenters. The normalized spacial score (nSPS) is 9.58. The summed E-state index contributed by atoms with van der Waals surface area (Å²) in [7, 11) is 0. The van der Waals surface area contributed by atoms with Crippen LogP contribution in [0.1, 0.15) is 15.9 Å². The summed E-state index contributed by atoms with van der Waals surface area (Å²) in [4.78, 5) is 11.1. The predicted octanol–water partition coefficient (Wildman–Crippen LogP) is 1.36. The third-order valence-corrected chi connectivity index (χ3v) is 2.62. The molecule has 4 heteroatoms. The van der Waals surface area contributed by atoms with Gasteiger partial charge in [0.1, 0.15) is 0 Å². The molecule has 0 bridgehead atoms.